The Labute approximate surface area is 229 Å². The predicted octanol–water partition coefficient (Wildman–Crippen LogP) is 5.59. The van der Waals surface area contributed by atoms with Crippen LogP contribution in [0.25, 0.3) is 6.08 Å². The predicted molar refractivity (Wildman–Crippen MR) is 154 cm³/mol. The molecule has 37 heavy (non-hydrogen) atoms. The zero-order valence-electron chi connectivity index (χ0n) is 22.4. The maximum atomic E-state index is 13.1. The van der Waals surface area contributed by atoms with E-state index in [9.17, 15) is 9.59 Å². The van der Waals surface area contributed by atoms with E-state index in [0.717, 1.165) is 41.1 Å². The molecule has 1 aliphatic rings. The lowest BCUT2D eigenvalue weighted by Crippen LogP contribution is -2.51. The summed E-state index contributed by atoms with van der Waals surface area (Å²) < 4.78 is 6.30. The first-order valence-corrected chi connectivity index (χ1v) is 13.6. The second-order valence-corrected chi connectivity index (χ2v) is 11.3. The Morgan fingerprint density at radius 1 is 1.05 bits per heavy atom. The number of piperazine rings is 1. The van der Waals surface area contributed by atoms with Gasteiger partial charge in [0, 0.05) is 62.3 Å². The third-order valence-corrected chi connectivity index (χ3v) is 6.95. The van der Waals surface area contributed by atoms with E-state index in [-0.39, 0.29) is 17.4 Å². The van der Waals surface area contributed by atoms with Crippen molar-refractivity contribution in [1.82, 2.24) is 14.7 Å². The monoisotopic (exact) mass is 570 g/mol. The average Bonchev–Trinajstić information content (AvgIpc) is 2.87. The van der Waals surface area contributed by atoms with E-state index in [0.29, 0.717) is 32.6 Å². The van der Waals surface area contributed by atoms with E-state index in [1.54, 1.807) is 7.11 Å². The second-order valence-electron chi connectivity index (χ2n) is 10.5. The van der Waals surface area contributed by atoms with E-state index in [4.69, 9.17) is 4.74 Å². The average molecular weight is 572 g/mol. The van der Waals surface area contributed by atoms with Gasteiger partial charge in [0.2, 0.25) is 5.91 Å². The third kappa shape index (κ3) is 9.20. The molecule has 0 spiro atoms. The Bertz CT molecular complexity index is 1070. The molecule has 1 heterocycles. The topological polar surface area (TPSA) is 65.1 Å². The Hall–Kier alpha value is -2.84. The highest BCUT2D eigenvalue weighted by Crippen LogP contribution is 2.23. The van der Waals surface area contributed by atoms with Crippen molar-refractivity contribution < 1.29 is 14.3 Å². The van der Waals surface area contributed by atoms with E-state index in [2.05, 4.69) is 46.9 Å². The molecule has 2 aromatic carbocycles. The maximum Gasteiger partial charge on any atom is 0.321 e. The van der Waals surface area contributed by atoms with Crippen LogP contribution in [0.4, 0.5) is 10.5 Å². The lowest BCUT2D eigenvalue weighted by molar-refractivity contribution is -0.132. The number of halogens is 1. The highest BCUT2D eigenvalue weighted by Gasteiger charge is 2.24. The zero-order valence-corrected chi connectivity index (χ0v) is 24.0. The summed E-state index contributed by atoms with van der Waals surface area (Å²) in [6.07, 6.45) is 4.54. The number of carbonyl (C=O) groups excluding carboxylic acids is 2. The van der Waals surface area contributed by atoms with Crippen LogP contribution in [0.2, 0.25) is 0 Å². The fourth-order valence-electron chi connectivity index (χ4n) is 4.19. The molecular weight excluding hydrogens is 532 g/mol. The van der Waals surface area contributed by atoms with Crippen LogP contribution in [0.15, 0.2) is 59.1 Å². The van der Waals surface area contributed by atoms with Crippen LogP contribution in [0.3, 0.4) is 0 Å². The van der Waals surface area contributed by atoms with E-state index in [1.807, 2.05) is 70.5 Å². The number of hydrogen-bond donors (Lipinski definition) is 1. The van der Waals surface area contributed by atoms with Gasteiger partial charge in [-0.1, -0.05) is 63.3 Å². The summed E-state index contributed by atoms with van der Waals surface area (Å²) in [7, 11) is 1.66. The van der Waals surface area contributed by atoms with Gasteiger partial charge in [-0.3, -0.25) is 9.69 Å². The summed E-state index contributed by atoms with van der Waals surface area (Å²) in [5.41, 5.74) is 1.68. The maximum absolute atomic E-state index is 13.1. The molecule has 1 fully saturated rings. The fourth-order valence-corrected chi connectivity index (χ4v) is 4.57. The molecule has 1 aliphatic heterocycles. The minimum absolute atomic E-state index is 0.0750. The number of anilines is 1. The van der Waals surface area contributed by atoms with E-state index < -0.39 is 0 Å². The zero-order chi connectivity index (χ0) is 26.8. The number of hydrogen-bond acceptors (Lipinski definition) is 4. The molecule has 8 heteroatoms. The van der Waals surface area contributed by atoms with Crippen LogP contribution in [0.5, 0.6) is 5.75 Å². The summed E-state index contributed by atoms with van der Waals surface area (Å²) >= 11 is 3.48. The molecule has 0 unspecified atom stereocenters. The fraction of sp³-hybridized carbons (Fsp3) is 0.448. The Balaban J connectivity index is 1.53. The van der Waals surface area contributed by atoms with Gasteiger partial charge >= 0.3 is 6.03 Å². The van der Waals surface area contributed by atoms with E-state index >= 15 is 0 Å². The van der Waals surface area contributed by atoms with Gasteiger partial charge in [0.25, 0.3) is 0 Å². The number of para-hydroxylation sites is 2. The lowest BCUT2D eigenvalue weighted by Gasteiger charge is -2.36. The normalized spacial score (nSPS) is 14.6. The minimum Gasteiger partial charge on any atom is -0.496 e. The van der Waals surface area contributed by atoms with Crippen LogP contribution < -0.4 is 10.1 Å². The third-order valence-electron chi connectivity index (χ3n) is 6.26. The van der Waals surface area contributed by atoms with Crippen molar-refractivity contribution in [2.75, 3.05) is 58.2 Å². The molecule has 0 radical (unpaired) electrons. The number of ether oxygens (including phenoxy) is 1. The molecule has 0 bridgehead atoms. The second kappa shape index (κ2) is 13.6. The van der Waals surface area contributed by atoms with Gasteiger partial charge < -0.3 is 19.9 Å². The van der Waals surface area contributed by atoms with Gasteiger partial charge in [-0.25, -0.2) is 4.79 Å². The van der Waals surface area contributed by atoms with Gasteiger partial charge in [0.15, 0.2) is 0 Å². The number of nitrogens with one attached hydrogen (secondary N) is 1. The van der Waals surface area contributed by atoms with Crippen LogP contribution in [0, 0.1) is 5.41 Å². The van der Waals surface area contributed by atoms with Crippen molar-refractivity contribution in [3.05, 3.63) is 64.6 Å². The van der Waals surface area contributed by atoms with Crippen molar-refractivity contribution >= 4 is 39.6 Å². The summed E-state index contributed by atoms with van der Waals surface area (Å²) in [5.74, 6) is 0.969. The standard InChI is InChI=1S/C29H39BrN4O3/c1-29(2,3)22-27(35)33(15-9-11-23-10-5-8-14-26(23)37-4)19-16-32-17-20-34(21-18-32)28(36)31-25-13-7-6-12-24(25)30/h5-14H,15-22H2,1-4H3,(H,31,36)/b11-9+. The molecule has 7 nitrogen and oxygen atoms in total. The molecule has 0 aliphatic carbocycles. The molecule has 3 amide bonds. The Morgan fingerprint density at radius 2 is 1.73 bits per heavy atom. The summed E-state index contributed by atoms with van der Waals surface area (Å²) in [6.45, 7) is 11.1. The van der Waals surface area contributed by atoms with Gasteiger partial charge in [-0.05, 0) is 39.5 Å². The largest absolute Gasteiger partial charge is 0.496 e. The van der Waals surface area contributed by atoms with Crippen LogP contribution in [-0.2, 0) is 4.79 Å². The van der Waals surface area contributed by atoms with Crippen molar-refractivity contribution in [2.45, 2.75) is 27.2 Å². The van der Waals surface area contributed by atoms with Crippen molar-refractivity contribution in [3.8, 4) is 5.75 Å². The highest BCUT2D eigenvalue weighted by atomic mass is 79.9. The molecule has 0 aromatic heterocycles. The first kappa shape index (κ1) is 28.7. The molecular formula is C29H39BrN4O3. The number of nitrogens with zero attached hydrogens (tertiary/aromatic N) is 3. The highest BCUT2D eigenvalue weighted by molar-refractivity contribution is 9.10. The van der Waals surface area contributed by atoms with Crippen LogP contribution in [-0.4, -0.2) is 79.6 Å². The molecule has 1 N–H and O–H groups in total. The molecule has 1 saturated heterocycles. The van der Waals surface area contributed by atoms with Gasteiger partial charge in [0.1, 0.15) is 5.75 Å². The SMILES string of the molecule is COc1ccccc1/C=C/CN(CCN1CCN(C(=O)Nc2ccccc2Br)CC1)C(=O)CC(C)(C)C. The van der Waals surface area contributed by atoms with Crippen molar-refractivity contribution in [3.63, 3.8) is 0 Å². The van der Waals surface area contributed by atoms with Gasteiger partial charge in [-0.15, -0.1) is 0 Å². The Morgan fingerprint density at radius 3 is 2.41 bits per heavy atom. The first-order valence-electron chi connectivity index (χ1n) is 12.8. The number of carbonyl (C=O) groups is 2. The van der Waals surface area contributed by atoms with Gasteiger partial charge in [-0.2, -0.15) is 0 Å². The molecule has 0 saturated carbocycles. The number of benzene rings is 2. The van der Waals surface area contributed by atoms with Crippen molar-refractivity contribution in [2.24, 2.45) is 5.41 Å². The summed E-state index contributed by atoms with van der Waals surface area (Å²) in [5, 5.41) is 2.98. The molecule has 2 aromatic rings. The summed E-state index contributed by atoms with van der Waals surface area (Å²) in [6, 6.07) is 15.4. The van der Waals surface area contributed by atoms with Gasteiger partial charge in [0.05, 0.1) is 12.8 Å². The minimum atomic E-state index is -0.0880. The van der Waals surface area contributed by atoms with Crippen LogP contribution in [0.1, 0.15) is 32.8 Å². The molecule has 200 valence electrons. The summed E-state index contributed by atoms with van der Waals surface area (Å²) in [4.78, 5) is 31.9. The van der Waals surface area contributed by atoms with Crippen molar-refractivity contribution in [1.29, 1.82) is 0 Å². The number of amides is 3. The quantitative estimate of drug-likeness (QED) is 0.427. The van der Waals surface area contributed by atoms with Crippen LogP contribution >= 0.6 is 15.9 Å². The molecule has 3 rings (SSSR count). The number of methoxy groups -OCH3 is 1. The number of rotatable bonds is 9. The van der Waals surface area contributed by atoms with E-state index in [1.165, 1.54) is 0 Å². The molecule has 0 atom stereocenters. The number of urea groups is 1. The smallest absolute Gasteiger partial charge is 0.321 e. The lowest BCUT2D eigenvalue weighted by atomic mass is 9.91. The Kier molecular flexibility index (Phi) is 10.6. The first-order chi connectivity index (χ1) is 17.7.